The molecule has 3 heterocycles. The van der Waals surface area contributed by atoms with E-state index in [0.717, 1.165) is 26.9 Å². The number of rotatable bonds is 2. The zero-order chi connectivity index (χ0) is 11.7. The van der Waals surface area contributed by atoms with Crippen molar-refractivity contribution in [3.8, 4) is 21.1 Å². The van der Waals surface area contributed by atoms with Crippen molar-refractivity contribution in [2.24, 2.45) is 0 Å². The molecule has 0 aromatic carbocycles. The molecule has 0 aliphatic heterocycles. The molecule has 4 nitrogen and oxygen atoms in total. The molecule has 0 aliphatic carbocycles. The maximum absolute atomic E-state index is 5.05. The zero-order valence-corrected chi connectivity index (χ0v) is 9.94. The van der Waals surface area contributed by atoms with Crippen LogP contribution in [0.25, 0.3) is 21.1 Å². The van der Waals surface area contributed by atoms with E-state index in [1.165, 1.54) is 0 Å². The summed E-state index contributed by atoms with van der Waals surface area (Å²) in [6, 6.07) is 5.79. The Balaban J connectivity index is 2.02. The molecule has 0 fully saturated rings. The molecule has 0 spiro atoms. The standard InChI is InChI=1S/C12H9N3OS/c1-8-9(6-15-16-8)11-7-14-12(17-11)10-4-2-3-5-13-10/h2-7H,1H3. The quantitative estimate of drug-likeness (QED) is 0.693. The molecule has 0 aliphatic rings. The van der Waals surface area contributed by atoms with Gasteiger partial charge in [0, 0.05) is 12.4 Å². The minimum Gasteiger partial charge on any atom is -0.361 e. The second-order valence-corrected chi connectivity index (χ2v) is 4.57. The number of nitrogens with zero attached hydrogens (tertiary/aromatic N) is 3. The minimum atomic E-state index is 0.807. The third kappa shape index (κ3) is 1.85. The topological polar surface area (TPSA) is 51.8 Å². The largest absolute Gasteiger partial charge is 0.361 e. The predicted octanol–water partition coefficient (Wildman–Crippen LogP) is 3.17. The molecule has 3 rings (SSSR count). The van der Waals surface area contributed by atoms with E-state index in [-0.39, 0.29) is 0 Å². The van der Waals surface area contributed by atoms with E-state index >= 15 is 0 Å². The van der Waals surface area contributed by atoms with Crippen molar-refractivity contribution < 1.29 is 4.52 Å². The van der Waals surface area contributed by atoms with Crippen molar-refractivity contribution in [2.45, 2.75) is 6.92 Å². The van der Waals surface area contributed by atoms with Crippen LogP contribution in [0.4, 0.5) is 0 Å². The maximum Gasteiger partial charge on any atom is 0.142 e. The van der Waals surface area contributed by atoms with Gasteiger partial charge in [-0.1, -0.05) is 11.2 Å². The zero-order valence-electron chi connectivity index (χ0n) is 9.12. The fourth-order valence-corrected chi connectivity index (χ4v) is 2.49. The van der Waals surface area contributed by atoms with E-state index in [9.17, 15) is 0 Å². The van der Waals surface area contributed by atoms with Crippen LogP contribution in [0.15, 0.2) is 41.3 Å². The number of hydrogen-bond donors (Lipinski definition) is 0. The molecule has 0 N–H and O–H groups in total. The summed E-state index contributed by atoms with van der Waals surface area (Å²) in [7, 11) is 0. The van der Waals surface area contributed by atoms with Crippen molar-refractivity contribution in [1.82, 2.24) is 15.1 Å². The summed E-state index contributed by atoms with van der Waals surface area (Å²) >= 11 is 1.58. The average Bonchev–Trinajstić information content (AvgIpc) is 2.98. The number of aryl methyl sites for hydroxylation is 1. The lowest BCUT2D eigenvalue weighted by molar-refractivity contribution is 0.398. The summed E-state index contributed by atoms with van der Waals surface area (Å²) in [4.78, 5) is 9.69. The first kappa shape index (κ1) is 10.2. The van der Waals surface area contributed by atoms with Crippen LogP contribution in [0, 0.1) is 6.92 Å². The van der Waals surface area contributed by atoms with Crippen molar-refractivity contribution >= 4 is 11.3 Å². The molecule has 5 heteroatoms. The van der Waals surface area contributed by atoms with Gasteiger partial charge >= 0.3 is 0 Å². The van der Waals surface area contributed by atoms with Gasteiger partial charge in [-0.25, -0.2) is 4.98 Å². The second kappa shape index (κ2) is 4.10. The lowest BCUT2D eigenvalue weighted by Crippen LogP contribution is -1.78. The fourth-order valence-electron chi connectivity index (χ4n) is 1.54. The molecule has 0 saturated heterocycles. The molecule has 0 atom stereocenters. The van der Waals surface area contributed by atoms with E-state index in [2.05, 4.69) is 15.1 Å². The number of pyridine rings is 1. The molecule has 3 aromatic rings. The van der Waals surface area contributed by atoms with Crippen molar-refractivity contribution in [3.05, 3.63) is 42.5 Å². The highest BCUT2D eigenvalue weighted by Gasteiger charge is 2.11. The lowest BCUT2D eigenvalue weighted by Gasteiger charge is -1.92. The van der Waals surface area contributed by atoms with Gasteiger partial charge in [-0.15, -0.1) is 11.3 Å². The van der Waals surface area contributed by atoms with Gasteiger partial charge in [0.1, 0.15) is 10.8 Å². The highest BCUT2D eigenvalue weighted by Crippen LogP contribution is 2.32. The smallest absolute Gasteiger partial charge is 0.142 e. The van der Waals surface area contributed by atoms with Crippen LogP contribution in [-0.4, -0.2) is 15.1 Å². The molecular formula is C12H9N3OS. The maximum atomic E-state index is 5.05. The first-order valence-corrected chi connectivity index (χ1v) is 5.95. The van der Waals surface area contributed by atoms with Crippen LogP contribution in [0.5, 0.6) is 0 Å². The van der Waals surface area contributed by atoms with Gasteiger partial charge in [-0.2, -0.15) is 0 Å². The third-order valence-electron chi connectivity index (χ3n) is 2.41. The first-order valence-electron chi connectivity index (χ1n) is 5.13. The van der Waals surface area contributed by atoms with E-state index in [0.29, 0.717) is 0 Å². The van der Waals surface area contributed by atoms with Gasteiger partial charge in [0.05, 0.1) is 22.3 Å². The van der Waals surface area contributed by atoms with Crippen LogP contribution < -0.4 is 0 Å². The molecule has 17 heavy (non-hydrogen) atoms. The predicted molar refractivity (Wildman–Crippen MR) is 65.6 cm³/mol. The summed E-state index contributed by atoms with van der Waals surface area (Å²) in [5.74, 6) is 0.807. The highest BCUT2D eigenvalue weighted by molar-refractivity contribution is 7.18. The number of aromatic nitrogens is 3. The van der Waals surface area contributed by atoms with E-state index in [4.69, 9.17) is 4.52 Å². The number of thiazole rings is 1. The van der Waals surface area contributed by atoms with Crippen LogP contribution >= 0.6 is 11.3 Å². The Morgan fingerprint density at radius 3 is 2.82 bits per heavy atom. The minimum absolute atomic E-state index is 0.807. The highest BCUT2D eigenvalue weighted by atomic mass is 32.1. The Kier molecular flexibility index (Phi) is 2.45. The van der Waals surface area contributed by atoms with Gasteiger partial charge in [-0.05, 0) is 19.1 Å². The van der Waals surface area contributed by atoms with Gasteiger partial charge < -0.3 is 4.52 Å². The Morgan fingerprint density at radius 1 is 1.18 bits per heavy atom. The Hall–Kier alpha value is -2.01. The van der Waals surface area contributed by atoms with Gasteiger partial charge in [0.15, 0.2) is 0 Å². The summed E-state index contributed by atoms with van der Waals surface area (Å²) < 4.78 is 5.05. The van der Waals surface area contributed by atoms with Crippen molar-refractivity contribution in [1.29, 1.82) is 0 Å². The van der Waals surface area contributed by atoms with Crippen molar-refractivity contribution in [2.75, 3.05) is 0 Å². The molecule has 0 saturated carbocycles. The van der Waals surface area contributed by atoms with Crippen molar-refractivity contribution in [3.63, 3.8) is 0 Å². The third-order valence-corrected chi connectivity index (χ3v) is 3.46. The SMILES string of the molecule is Cc1oncc1-c1cnc(-c2ccccn2)s1. The molecule has 0 radical (unpaired) electrons. The van der Waals surface area contributed by atoms with Gasteiger partial charge in [0.25, 0.3) is 0 Å². The molecule has 0 bridgehead atoms. The molecular weight excluding hydrogens is 234 g/mol. The van der Waals surface area contributed by atoms with E-state index < -0.39 is 0 Å². The normalized spacial score (nSPS) is 10.6. The van der Waals surface area contributed by atoms with Crippen LogP contribution in [0.1, 0.15) is 5.76 Å². The Bertz CT molecular complexity index is 630. The Labute approximate surface area is 102 Å². The molecule has 0 unspecified atom stereocenters. The first-order chi connectivity index (χ1) is 8.34. The monoisotopic (exact) mass is 243 g/mol. The van der Waals surface area contributed by atoms with Crippen LogP contribution in [0.2, 0.25) is 0 Å². The summed E-state index contributed by atoms with van der Waals surface area (Å²) in [6.45, 7) is 1.89. The van der Waals surface area contributed by atoms with Gasteiger partial charge in [0.2, 0.25) is 0 Å². The second-order valence-electron chi connectivity index (χ2n) is 3.54. The van der Waals surface area contributed by atoms with E-state index in [1.54, 1.807) is 23.7 Å². The molecule has 84 valence electrons. The van der Waals surface area contributed by atoms with E-state index in [1.807, 2.05) is 31.3 Å². The molecule has 3 aromatic heterocycles. The summed E-state index contributed by atoms with van der Waals surface area (Å²) in [5.41, 5.74) is 1.88. The number of hydrogen-bond acceptors (Lipinski definition) is 5. The Morgan fingerprint density at radius 2 is 2.12 bits per heavy atom. The molecule has 0 amide bonds. The summed E-state index contributed by atoms with van der Waals surface area (Å²) in [5, 5.41) is 4.67. The van der Waals surface area contributed by atoms with Gasteiger partial charge in [-0.3, -0.25) is 4.98 Å². The lowest BCUT2D eigenvalue weighted by atomic mass is 10.2. The fraction of sp³-hybridized carbons (Fsp3) is 0.0833. The average molecular weight is 243 g/mol. The van der Waals surface area contributed by atoms with Crippen LogP contribution in [-0.2, 0) is 0 Å². The van der Waals surface area contributed by atoms with Crippen LogP contribution in [0.3, 0.4) is 0 Å². The summed E-state index contributed by atoms with van der Waals surface area (Å²) in [6.07, 6.45) is 5.31.